The van der Waals surface area contributed by atoms with Gasteiger partial charge < -0.3 is 15.7 Å². The Bertz CT molecular complexity index is 291. The van der Waals surface area contributed by atoms with E-state index in [4.69, 9.17) is 10.8 Å². The standard InChI is InChI=1S/C12H22N2O3/c1-8(2)9(7-13)11(15)14-6-4-3-5-10(14)12(16)17/h8-10H,3-7,13H2,1-2H3,(H,16,17)/t9?,10-/m1/s1. The number of carbonyl (C=O) groups excluding carboxylic acids is 1. The summed E-state index contributed by atoms with van der Waals surface area (Å²) >= 11 is 0. The zero-order valence-corrected chi connectivity index (χ0v) is 10.6. The first kappa shape index (κ1) is 14.0. The van der Waals surface area contributed by atoms with Crippen LogP contribution in [0.15, 0.2) is 0 Å². The lowest BCUT2D eigenvalue weighted by atomic mass is 9.92. The molecule has 3 N–H and O–H groups in total. The van der Waals surface area contributed by atoms with Gasteiger partial charge in [0.05, 0.1) is 5.92 Å². The van der Waals surface area contributed by atoms with Crippen LogP contribution in [0.3, 0.4) is 0 Å². The minimum atomic E-state index is -0.905. The number of carboxylic acid groups (broad SMARTS) is 1. The first-order chi connectivity index (χ1) is 7.99. The maximum Gasteiger partial charge on any atom is 0.326 e. The molecule has 98 valence electrons. The summed E-state index contributed by atoms with van der Waals surface area (Å²) in [6, 6.07) is -0.663. The molecule has 1 fully saturated rings. The summed E-state index contributed by atoms with van der Waals surface area (Å²) in [7, 11) is 0. The second-order valence-corrected chi connectivity index (χ2v) is 4.97. The predicted octanol–water partition coefficient (Wildman–Crippen LogP) is 0.683. The molecule has 1 heterocycles. The number of nitrogens with zero attached hydrogens (tertiary/aromatic N) is 1. The number of rotatable bonds is 4. The first-order valence-electron chi connectivity index (χ1n) is 6.22. The third-order valence-corrected chi connectivity index (χ3v) is 3.45. The molecule has 1 amide bonds. The number of aliphatic carboxylic acids is 1. The molecular formula is C12H22N2O3. The number of amides is 1. The lowest BCUT2D eigenvalue weighted by Crippen LogP contribution is -2.52. The normalized spacial score (nSPS) is 22.6. The van der Waals surface area contributed by atoms with Crippen LogP contribution in [-0.2, 0) is 9.59 Å². The number of nitrogens with two attached hydrogens (primary N) is 1. The summed E-state index contributed by atoms with van der Waals surface area (Å²) in [5, 5.41) is 9.13. The van der Waals surface area contributed by atoms with E-state index in [1.54, 1.807) is 0 Å². The maximum atomic E-state index is 12.3. The van der Waals surface area contributed by atoms with Gasteiger partial charge in [-0.3, -0.25) is 4.79 Å². The van der Waals surface area contributed by atoms with Gasteiger partial charge in [0, 0.05) is 13.1 Å². The molecule has 0 radical (unpaired) electrons. The fourth-order valence-corrected chi connectivity index (χ4v) is 2.32. The highest BCUT2D eigenvalue weighted by atomic mass is 16.4. The largest absolute Gasteiger partial charge is 0.480 e. The minimum absolute atomic E-state index is 0.102. The van der Waals surface area contributed by atoms with E-state index in [-0.39, 0.29) is 24.3 Å². The van der Waals surface area contributed by atoms with Crippen LogP contribution in [0.5, 0.6) is 0 Å². The summed E-state index contributed by atoms with van der Waals surface area (Å²) in [6.07, 6.45) is 2.30. The third-order valence-electron chi connectivity index (χ3n) is 3.45. The summed E-state index contributed by atoms with van der Waals surface area (Å²) in [5.41, 5.74) is 5.61. The molecule has 0 aromatic rings. The number of hydrogen-bond donors (Lipinski definition) is 2. The summed E-state index contributed by atoms with van der Waals surface area (Å²) in [4.78, 5) is 24.9. The Morgan fingerprint density at radius 1 is 1.41 bits per heavy atom. The van der Waals surface area contributed by atoms with Gasteiger partial charge in [-0.1, -0.05) is 13.8 Å². The second kappa shape index (κ2) is 6.00. The zero-order valence-electron chi connectivity index (χ0n) is 10.6. The van der Waals surface area contributed by atoms with Crippen molar-refractivity contribution in [3.05, 3.63) is 0 Å². The van der Waals surface area contributed by atoms with Crippen molar-refractivity contribution in [1.29, 1.82) is 0 Å². The van der Waals surface area contributed by atoms with Gasteiger partial charge in [0.25, 0.3) is 0 Å². The Morgan fingerprint density at radius 2 is 2.06 bits per heavy atom. The van der Waals surface area contributed by atoms with Crippen molar-refractivity contribution < 1.29 is 14.7 Å². The van der Waals surface area contributed by atoms with Gasteiger partial charge in [-0.05, 0) is 25.2 Å². The fraction of sp³-hybridized carbons (Fsp3) is 0.833. The molecule has 0 aromatic carbocycles. The smallest absolute Gasteiger partial charge is 0.326 e. The molecule has 5 heteroatoms. The van der Waals surface area contributed by atoms with E-state index in [0.29, 0.717) is 13.0 Å². The highest BCUT2D eigenvalue weighted by molar-refractivity contribution is 5.85. The quantitative estimate of drug-likeness (QED) is 0.759. The van der Waals surface area contributed by atoms with E-state index in [2.05, 4.69) is 0 Å². The zero-order chi connectivity index (χ0) is 13.0. The Kier molecular flexibility index (Phi) is 4.93. The molecule has 1 aliphatic heterocycles. The van der Waals surface area contributed by atoms with Gasteiger partial charge in [0.2, 0.25) is 5.91 Å². The number of carbonyl (C=O) groups is 2. The van der Waals surface area contributed by atoms with E-state index in [0.717, 1.165) is 12.8 Å². The van der Waals surface area contributed by atoms with Gasteiger partial charge in [-0.25, -0.2) is 4.79 Å². The average molecular weight is 242 g/mol. The molecule has 1 saturated heterocycles. The van der Waals surface area contributed by atoms with Crippen LogP contribution in [0.2, 0.25) is 0 Å². The molecule has 5 nitrogen and oxygen atoms in total. The number of hydrogen-bond acceptors (Lipinski definition) is 3. The van der Waals surface area contributed by atoms with E-state index < -0.39 is 12.0 Å². The van der Waals surface area contributed by atoms with Crippen molar-refractivity contribution in [2.45, 2.75) is 39.2 Å². The first-order valence-corrected chi connectivity index (χ1v) is 6.22. The van der Waals surface area contributed by atoms with Crippen LogP contribution < -0.4 is 5.73 Å². The summed E-state index contributed by atoms with van der Waals surface area (Å²) in [6.45, 7) is 4.70. The van der Waals surface area contributed by atoms with Gasteiger partial charge in [0.1, 0.15) is 6.04 Å². The third kappa shape index (κ3) is 3.19. The molecule has 17 heavy (non-hydrogen) atoms. The number of likely N-dealkylation sites (tertiary alicyclic amines) is 1. The lowest BCUT2D eigenvalue weighted by Gasteiger charge is -2.36. The Balaban J connectivity index is 2.80. The highest BCUT2D eigenvalue weighted by Crippen LogP contribution is 2.22. The number of carboxylic acids is 1. The predicted molar refractivity (Wildman–Crippen MR) is 64.4 cm³/mol. The van der Waals surface area contributed by atoms with Crippen LogP contribution in [-0.4, -0.2) is 41.0 Å². The van der Waals surface area contributed by atoms with Crippen molar-refractivity contribution in [3.8, 4) is 0 Å². The van der Waals surface area contributed by atoms with Crippen LogP contribution in [0.25, 0.3) is 0 Å². The van der Waals surface area contributed by atoms with Crippen molar-refractivity contribution in [2.24, 2.45) is 17.6 Å². The van der Waals surface area contributed by atoms with Crippen LogP contribution in [0.1, 0.15) is 33.1 Å². The monoisotopic (exact) mass is 242 g/mol. The van der Waals surface area contributed by atoms with Crippen molar-refractivity contribution in [1.82, 2.24) is 4.90 Å². The summed E-state index contributed by atoms with van der Waals surface area (Å²) in [5.74, 6) is -1.13. The maximum absolute atomic E-state index is 12.3. The molecule has 2 atom stereocenters. The van der Waals surface area contributed by atoms with Crippen LogP contribution in [0.4, 0.5) is 0 Å². The van der Waals surface area contributed by atoms with Gasteiger partial charge in [-0.2, -0.15) is 0 Å². The van der Waals surface area contributed by atoms with E-state index in [1.807, 2.05) is 13.8 Å². The van der Waals surface area contributed by atoms with Crippen LogP contribution >= 0.6 is 0 Å². The highest BCUT2D eigenvalue weighted by Gasteiger charge is 2.35. The van der Waals surface area contributed by atoms with E-state index in [9.17, 15) is 9.59 Å². The van der Waals surface area contributed by atoms with Gasteiger partial charge in [0.15, 0.2) is 0 Å². The summed E-state index contributed by atoms with van der Waals surface area (Å²) < 4.78 is 0. The van der Waals surface area contributed by atoms with E-state index in [1.165, 1.54) is 4.90 Å². The lowest BCUT2D eigenvalue weighted by molar-refractivity contribution is -0.154. The molecule has 1 unspecified atom stereocenters. The second-order valence-electron chi connectivity index (χ2n) is 4.97. The topological polar surface area (TPSA) is 83.6 Å². The molecule has 0 spiro atoms. The molecule has 0 aliphatic carbocycles. The fourth-order valence-electron chi connectivity index (χ4n) is 2.32. The Labute approximate surface area is 102 Å². The molecule has 0 bridgehead atoms. The Hall–Kier alpha value is -1.10. The van der Waals surface area contributed by atoms with Crippen molar-refractivity contribution in [2.75, 3.05) is 13.1 Å². The average Bonchev–Trinajstić information content (AvgIpc) is 2.29. The minimum Gasteiger partial charge on any atom is -0.480 e. The molecule has 1 aliphatic rings. The SMILES string of the molecule is CC(C)C(CN)C(=O)N1CCCC[C@@H]1C(=O)O. The number of piperidine rings is 1. The molecular weight excluding hydrogens is 220 g/mol. The Morgan fingerprint density at radius 3 is 2.53 bits per heavy atom. The van der Waals surface area contributed by atoms with Crippen molar-refractivity contribution in [3.63, 3.8) is 0 Å². The van der Waals surface area contributed by atoms with E-state index >= 15 is 0 Å². The van der Waals surface area contributed by atoms with Crippen LogP contribution in [0, 0.1) is 11.8 Å². The van der Waals surface area contributed by atoms with Gasteiger partial charge >= 0.3 is 5.97 Å². The van der Waals surface area contributed by atoms with Crippen molar-refractivity contribution >= 4 is 11.9 Å². The van der Waals surface area contributed by atoms with Gasteiger partial charge in [-0.15, -0.1) is 0 Å². The molecule has 1 rings (SSSR count). The molecule has 0 aromatic heterocycles. The molecule has 0 saturated carbocycles.